The third-order valence-corrected chi connectivity index (χ3v) is 5.22. The number of rotatable bonds is 7. The van der Waals surface area contributed by atoms with Crippen LogP contribution in [0.25, 0.3) is 22.3 Å². The number of carbonyl (C=O) groups is 1. The smallest absolute Gasteiger partial charge is 0.307 e. The molecule has 0 unspecified atom stereocenters. The van der Waals surface area contributed by atoms with Gasteiger partial charge in [0.05, 0.1) is 6.42 Å². The molecule has 0 amide bonds. The second kappa shape index (κ2) is 9.50. The molecule has 0 aromatic heterocycles. The molecule has 4 aromatic carbocycles. The maximum Gasteiger partial charge on any atom is 0.307 e. The molecule has 0 atom stereocenters. The number of aliphatic carboxylic acids is 1. The van der Waals surface area contributed by atoms with Gasteiger partial charge in [-0.1, -0.05) is 90.5 Å². The molecule has 4 aromatic rings. The fourth-order valence-corrected chi connectivity index (χ4v) is 3.74. The van der Waals surface area contributed by atoms with E-state index >= 15 is 0 Å². The number of ether oxygens (including phenoxy) is 1. The Morgan fingerprint density at radius 3 is 2.23 bits per heavy atom. The van der Waals surface area contributed by atoms with Crippen molar-refractivity contribution in [2.45, 2.75) is 13.0 Å². The van der Waals surface area contributed by atoms with Crippen molar-refractivity contribution in [2.75, 3.05) is 0 Å². The fourth-order valence-electron chi connectivity index (χ4n) is 3.57. The Morgan fingerprint density at radius 2 is 1.45 bits per heavy atom. The zero-order chi connectivity index (χ0) is 21.6. The fraction of sp³-hybridized carbons (Fsp3) is 0.0741. The monoisotopic (exact) mass is 428 g/mol. The zero-order valence-corrected chi connectivity index (χ0v) is 17.5. The van der Waals surface area contributed by atoms with Gasteiger partial charge >= 0.3 is 5.97 Å². The molecule has 0 spiro atoms. The lowest BCUT2D eigenvalue weighted by Gasteiger charge is -2.16. The van der Waals surface area contributed by atoms with Gasteiger partial charge < -0.3 is 9.84 Å². The molecule has 0 aliphatic heterocycles. The van der Waals surface area contributed by atoms with Gasteiger partial charge in [0.2, 0.25) is 0 Å². The van der Waals surface area contributed by atoms with E-state index in [1.165, 1.54) is 0 Å². The summed E-state index contributed by atoms with van der Waals surface area (Å²) < 4.78 is 6.16. The molecule has 0 aliphatic carbocycles. The number of halogens is 1. The van der Waals surface area contributed by atoms with Crippen LogP contribution < -0.4 is 4.74 Å². The predicted octanol–water partition coefficient (Wildman–Crippen LogP) is 6.88. The maximum atomic E-state index is 11.1. The summed E-state index contributed by atoms with van der Waals surface area (Å²) >= 11 is 6.34. The van der Waals surface area contributed by atoms with Crippen molar-refractivity contribution in [1.82, 2.24) is 0 Å². The van der Waals surface area contributed by atoms with Gasteiger partial charge in [-0.3, -0.25) is 4.79 Å². The molecule has 31 heavy (non-hydrogen) atoms. The quantitative estimate of drug-likeness (QED) is 0.349. The largest absolute Gasteiger partial charge is 0.488 e. The molecular weight excluding hydrogens is 408 g/mol. The Balaban J connectivity index is 1.74. The molecule has 0 fully saturated rings. The zero-order valence-electron chi connectivity index (χ0n) is 16.8. The third-order valence-electron chi connectivity index (χ3n) is 4.99. The van der Waals surface area contributed by atoms with Crippen LogP contribution in [-0.2, 0) is 17.8 Å². The Morgan fingerprint density at radius 1 is 0.742 bits per heavy atom. The number of benzene rings is 4. The van der Waals surface area contributed by atoms with Crippen molar-refractivity contribution in [3.63, 3.8) is 0 Å². The minimum absolute atomic E-state index is 0.0153. The average molecular weight is 429 g/mol. The highest BCUT2D eigenvalue weighted by molar-refractivity contribution is 6.31. The second-order valence-electron chi connectivity index (χ2n) is 7.23. The summed E-state index contributed by atoms with van der Waals surface area (Å²) in [5.74, 6) is -0.112. The molecule has 0 saturated heterocycles. The van der Waals surface area contributed by atoms with Crippen molar-refractivity contribution < 1.29 is 14.6 Å². The summed E-state index contributed by atoms with van der Waals surface area (Å²) in [6.07, 6.45) is -0.0153. The highest BCUT2D eigenvalue weighted by atomic mass is 35.5. The average Bonchev–Trinajstić information content (AvgIpc) is 2.79. The Hall–Kier alpha value is -3.56. The van der Waals surface area contributed by atoms with Gasteiger partial charge in [-0.05, 0) is 46.0 Å². The van der Waals surface area contributed by atoms with Gasteiger partial charge in [-0.2, -0.15) is 0 Å². The number of hydrogen-bond acceptors (Lipinski definition) is 2. The summed E-state index contributed by atoms with van der Waals surface area (Å²) in [6.45, 7) is 0.450. The SMILES string of the molecule is O=C(O)Cc1cccc(-c2ccccc2-c2cc(Cl)ccc2OCc2ccccc2)c1. The van der Waals surface area contributed by atoms with Gasteiger partial charge in [-0.15, -0.1) is 0 Å². The van der Waals surface area contributed by atoms with Crippen molar-refractivity contribution >= 4 is 17.6 Å². The van der Waals surface area contributed by atoms with E-state index in [4.69, 9.17) is 21.4 Å². The van der Waals surface area contributed by atoms with Crippen LogP contribution in [0, 0.1) is 0 Å². The normalized spacial score (nSPS) is 10.6. The first-order chi connectivity index (χ1) is 15.1. The van der Waals surface area contributed by atoms with Gasteiger partial charge in [0.25, 0.3) is 0 Å². The van der Waals surface area contributed by atoms with Crippen molar-refractivity contribution in [3.8, 4) is 28.0 Å². The van der Waals surface area contributed by atoms with Gasteiger partial charge in [0, 0.05) is 10.6 Å². The predicted molar refractivity (Wildman–Crippen MR) is 124 cm³/mol. The van der Waals surface area contributed by atoms with Gasteiger partial charge in [0.1, 0.15) is 12.4 Å². The highest BCUT2D eigenvalue weighted by Crippen LogP contribution is 2.39. The number of carboxylic acids is 1. The first-order valence-corrected chi connectivity index (χ1v) is 10.3. The molecule has 0 heterocycles. The van der Waals surface area contributed by atoms with Gasteiger partial charge in [0.15, 0.2) is 0 Å². The van der Waals surface area contributed by atoms with E-state index in [9.17, 15) is 4.79 Å². The van der Waals surface area contributed by atoms with Crippen molar-refractivity contribution in [2.24, 2.45) is 0 Å². The summed E-state index contributed by atoms with van der Waals surface area (Å²) in [4.78, 5) is 11.1. The standard InChI is InChI=1S/C27H21ClO3/c28-22-13-14-26(31-18-19-7-2-1-3-8-19)25(17-22)24-12-5-4-11-23(24)21-10-6-9-20(15-21)16-27(29)30/h1-15,17H,16,18H2,(H,29,30). The lowest BCUT2D eigenvalue weighted by atomic mass is 9.93. The molecule has 0 radical (unpaired) electrons. The molecule has 1 N–H and O–H groups in total. The molecule has 0 aliphatic rings. The van der Waals surface area contributed by atoms with Crippen LogP contribution in [0.5, 0.6) is 5.75 Å². The lowest BCUT2D eigenvalue weighted by molar-refractivity contribution is -0.136. The summed E-state index contributed by atoms with van der Waals surface area (Å²) in [7, 11) is 0. The van der Waals surface area contributed by atoms with E-state index in [1.54, 1.807) is 0 Å². The summed E-state index contributed by atoms with van der Waals surface area (Å²) in [5.41, 5.74) is 5.64. The first kappa shape index (κ1) is 20.7. The topological polar surface area (TPSA) is 46.5 Å². The number of carboxylic acid groups (broad SMARTS) is 1. The van der Waals surface area contributed by atoms with E-state index in [1.807, 2.05) is 97.1 Å². The number of hydrogen-bond donors (Lipinski definition) is 1. The van der Waals surface area contributed by atoms with E-state index in [0.29, 0.717) is 11.6 Å². The first-order valence-electron chi connectivity index (χ1n) is 9.97. The molecule has 0 saturated carbocycles. The molecule has 154 valence electrons. The van der Waals surface area contributed by atoms with Crippen LogP contribution in [0.15, 0.2) is 97.1 Å². The van der Waals surface area contributed by atoms with Crippen molar-refractivity contribution in [1.29, 1.82) is 0 Å². The van der Waals surface area contributed by atoms with Crippen LogP contribution in [0.2, 0.25) is 5.02 Å². The Kier molecular flexibility index (Phi) is 6.34. The summed E-state index contributed by atoms with van der Waals surface area (Å²) in [5, 5.41) is 9.77. The molecule has 4 heteroatoms. The van der Waals surface area contributed by atoms with E-state index in [2.05, 4.69) is 0 Å². The molecule has 4 rings (SSSR count). The van der Waals surface area contributed by atoms with Gasteiger partial charge in [-0.25, -0.2) is 0 Å². The molecular formula is C27H21ClO3. The van der Waals surface area contributed by atoms with E-state index < -0.39 is 5.97 Å². The van der Waals surface area contributed by atoms with E-state index in [0.717, 1.165) is 39.1 Å². The van der Waals surface area contributed by atoms with Crippen LogP contribution in [0.4, 0.5) is 0 Å². The third kappa shape index (κ3) is 5.14. The van der Waals surface area contributed by atoms with E-state index in [-0.39, 0.29) is 6.42 Å². The highest BCUT2D eigenvalue weighted by Gasteiger charge is 2.14. The van der Waals surface area contributed by atoms with Crippen LogP contribution in [-0.4, -0.2) is 11.1 Å². The Bertz CT molecular complexity index is 1200. The van der Waals surface area contributed by atoms with Crippen molar-refractivity contribution in [3.05, 3.63) is 113 Å². The van der Waals surface area contributed by atoms with Crippen LogP contribution >= 0.6 is 11.6 Å². The molecule has 3 nitrogen and oxygen atoms in total. The minimum atomic E-state index is -0.850. The van der Waals surface area contributed by atoms with Crippen LogP contribution in [0.1, 0.15) is 11.1 Å². The second-order valence-corrected chi connectivity index (χ2v) is 7.67. The Labute approximate surface area is 186 Å². The summed E-state index contributed by atoms with van der Waals surface area (Å²) in [6, 6.07) is 31.2. The van der Waals surface area contributed by atoms with Crippen LogP contribution in [0.3, 0.4) is 0 Å². The minimum Gasteiger partial charge on any atom is -0.488 e. The lowest BCUT2D eigenvalue weighted by Crippen LogP contribution is -2.00. The molecule has 0 bridgehead atoms. The maximum absolute atomic E-state index is 11.1.